The van der Waals surface area contributed by atoms with E-state index in [0.717, 1.165) is 37.8 Å². The highest BCUT2D eigenvalue weighted by Gasteiger charge is 2.48. The predicted molar refractivity (Wildman–Crippen MR) is 185 cm³/mol. The van der Waals surface area contributed by atoms with Crippen molar-refractivity contribution in [2.45, 2.75) is 68.6 Å². The average Bonchev–Trinajstić information content (AvgIpc) is 3.14. The van der Waals surface area contributed by atoms with Crippen molar-refractivity contribution in [3.8, 4) is 5.75 Å². The summed E-state index contributed by atoms with van der Waals surface area (Å²) in [6.07, 6.45) is 8.86. The van der Waals surface area contributed by atoms with Crippen LogP contribution < -0.4 is 14.4 Å². The molecule has 11 heteroatoms. The number of halogens is 1. The molecule has 2 aromatic carbocycles. The van der Waals surface area contributed by atoms with E-state index in [1.165, 1.54) is 11.1 Å². The van der Waals surface area contributed by atoms with Gasteiger partial charge in [-0.2, -0.15) is 0 Å². The van der Waals surface area contributed by atoms with Gasteiger partial charge in [0.05, 0.1) is 29.8 Å². The first kappa shape index (κ1) is 34.2. The number of allylic oxidation sites excluding steroid dienone is 1. The highest BCUT2D eigenvalue weighted by atomic mass is 35.5. The van der Waals surface area contributed by atoms with Crippen LogP contribution in [0.2, 0.25) is 5.02 Å². The Bertz CT molecular complexity index is 1630. The van der Waals surface area contributed by atoms with Crippen molar-refractivity contribution in [3.05, 3.63) is 70.3 Å². The van der Waals surface area contributed by atoms with Crippen LogP contribution in [-0.2, 0) is 21.9 Å². The van der Waals surface area contributed by atoms with Gasteiger partial charge in [0.2, 0.25) is 10.0 Å². The summed E-state index contributed by atoms with van der Waals surface area (Å²) in [7, 11) is -2.09. The lowest BCUT2D eigenvalue weighted by atomic mass is 9.63. The molecule has 2 aromatic rings. The molecule has 9 nitrogen and oxygen atoms in total. The first-order chi connectivity index (χ1) is 22.3. The molecule has 1 fully saturated rings. The minimum atomic E-state index is -3.99. The molecule has 2 heterocycles. The normalized spacial score (nSPS) is 32.7. The van der Waals surface area contributed by atoms with Crippen molar-refractivity contribution in [1.29, 1.82) is 0 Å². The number of benzene rings is 2. The van der Waals surface area contributed by atoms with Crippen molar-refractivity contribution in [1.82, 2.24) is 9.62 Å². The minimum Gasteiger partial charge on any atom is -0.490 e. The molecular formula is C36H48ClN3O6S. The number of hydrogen-bond acceptors (Lipinski definition) is 8. The lowest BCUT2D eigenvalue weighted by molar-refractivity contribution is -0.0624. The standard InChI is InChI=1S/C36H48ClN3O6S/c1-24-6-4-15-36(43,22-39(3)16-17-41)31-11-8-28(31)20-40-21-35(14-5-7-26-18-29(37)10-12-30(26)35)23-46-33-13-9-27(19-32(33)40)34(42)38-47(44,45)25(24)2/h4,9-10,12-13,15,18-19,24-25,28,31,41,43H,5-8,11,14,16-17,20-23H2,1-3H3,(H,38,42)/b15-4-/t24-,25+,28-,31+,35-,36-/m0/s1. The van der Waals surface area contributed by atoms with Crippen LogP contribution in [0.15, 0.2) is 48.6 Å². The molecule has 3 N–H and O–H groups in total. The van der Waals surface area contributed by atoms with Crippen LogP contribution in [0.3, 0.4) is 0 Å². The second-order valence-electron chi connectivity index (χ2n) is 14.5. The molecule has 2 bridgehead atoms. The van der Waals surface area contributed by atoms with Gasteiger partial charge in [-0.05, 0) is 112 Å². The number of aliphatic hydroxyl groups is 2. The van der Waals surface area contributed by atoms with Crippen molar-refractivity contribution in [3.63, 3.8) is 0 Å². The number of aryl methyl sites for hydroxylation is 1. The number of hydrogen-bond donors (Lipinski definition) is 3. The van der Waals surface area contributed by atoms with Crippen molar-refractivity contribution in [2.75, 3.05) is 51.3 Å². The van der Waals surface area contributed by atoms with Gasteiger partial charge in [-0.15, -0.1) is 0 Å². The first-order valence-electron chi connectivity index (χ1n) is 16.9. The maximum atomic E-state index is 13.5. The molecule has 0 aromatic heterocycles. The molecule has 0 saturated heterocycles. The third-order valence-electron chi connectivity index (χ3n) is 11.3. The van der Waals surface area contributed by atoms with Crippen LogP contribution in [0.25, 0.3) is 0 Å². The maximum absolute atomic E-state index is 13.5. The van der Waals surface area contributed by atoms with Crippen molar-refractivity contribution in [2.24, 2.45) is 17.8 Å². The van der Waals surface area contributed by atoms with Gasteiger partial charge in [-0.3, -0.25) is 4.79 Å². The van der Waals surface area contributed by atoms with Crippen LogP contribution in [-0.4, -0.2) is 86.7 Å². The van der Waals surface area contributed by atoms with E-state index < -0.39 is 26.8 Å². The molecule has 256 valence electrons. The van der Waals surface area contributed by atoms with Crippen LogP contribution in [0, 0.1) is 17.8 Å². The lowest BCUT2D eigenvalue weighted by Crippen LogP contribution is -2.55. The number of anilines is 1. The van der Waals surface area contributed by atoms with Crippen LogP contribution in [0.5, 0.6) is 5.75 Å². The third kappa shape index (κ3) is 6.81. The van der Waals surface area contributed by atoms with E-state index in [9.17, 15) is 23.4 Å². The van der Waals surface area contributed by atoms with E-state index in [1.807, 2.05) is 37.1 Å². The van der Waals surface area contributed by atoms with E-state index in [-0.39, 0.29) is 35.3 Å². The Hall–Kier alpha value is -2.63. The van der Waals surface area contributed by atoms with Gasteiger partial charge in [0.25, 0.3) is 5.91 Å². The fraction of sp³-hybridized carbons (Fsp3) is 0.583. The van der Waals surface area contributed by atoms with Gasteiger partial charge >= 0.3 is 0 Å². The molecule has 47 heavy (non-hydrogen) atoms. The Morgan fingerprint density at radius 3 is 2.72 bits per heavy atom. The molecule has 6 atom stereocenters. The highest BCUT2D eigenvalue weighted by molar-refractivity contribution is 7.90. The number of carbonyl (C=O) groups is 1. The molecule has 1 saturated carbocycles. The maximum Gasteiger partial charge on any atom is 0.264 e. The highest BCUT2D eigenvalue weighted by Crippen LogP contribution is 2.48. The number of fused-ring (bicyclic) bond motifs is 4. The molecule has 0 radical (unpaired) electrons. The summed E-state index contributed by atoms with van der Waals surface area (Å²) in [6.45, 7) is 5.99. The van der Waals surface area contributed by atoms with Crippen LogP contribution >= 0.6 is 11.6 Å². The number of amides is 1. The van der Waals surface area contributed by atoms with E-state index in [1.54, 1.807) is 25.1 Å². The molecule has 4 aliphatic rings. The predicted octanol–water partition coefficient (Wildman–Crippen LogP) is 4.54. The fourth-order valence-electron chi connectivity index (χ4n) is 8.23. The molecule has 6 rings (SSSR count). The molecular weight excluding hydrogens is 638 g/mol. The Balaban J connectivity index is 1.44. The van der Waals surface area contributed by atoms with Gasteiger partial charge in [0.15, 0.2) is 0 Å². The monoisotopic (exact) mass is 685 g/mol. The quantitative estimate of drug-likeness (QED) is 0.402. The molecule has 0 unspecified atom stereocenters. The average molecular weight is 686 g/mol. The summed E-state index contributed by atoms with van der Waals surface area (Å²) in [5.74, 6) is -0.197. The van der Waals surface area contributed by atoms with Crippen molar-refractivity contribution < 1.29 is 28.2 Å². The fourth-order valence-corrected chi connectivity index (χ4v) is 9.70. The molecule has 2 aliphatic heterocycles. The summed E-state index contributed by atoms with van der Waals surface area (Å²) in [4.78, 5) is 17.7. The topological polar surface area (TPSA) is 119 Å². The van der Waals surface area contributed by atoms with Crippen LogP contribution in [0.1, 0.15) is 67.4 Å². The number of nitrogens with one attached hydrogen (secondary N) is 1. The Kier molecular flexibility index (Phi) is 9.73. The molecule has 1 spiro atoms. The van der Waals surface area contributed by atoms with Gasteiger partial charge in [0, 0.05) is 42.2 Å². The second-order valence-corrected chi connectivity index (χ2v) is 17.0. The van der Waals surface area contributed by atoms with Gasteiger partial charge in [-0.1, -0.05) is 36.7 Å². The Morgan fingerprint density at radius 1 is 1.17 bits per heavy atom. The summed E-state index contributed by atoms with van der Waals surface area (Å²) in [5.41, 5.74) is 1.99. The SMILES string of the molecule is C[C@@H]1[C@@H](C)C/C=C\[C@](O)(CN(C)CCO)[C@@H]2CC[C@H]2CN2C[C@@]3(CCCc4cc(Cl)ccc43)COc3ccc(cc32)C(=O)NS1(=O)=O. The second kappa shape index (κ2) is 13.3. The number of rotatable bonds is 4. The zero-order valence-electron chi connectivity index (χ0n) is 27.6. The zero-order valence-corrected chi connectivity index (χ0v) is 29.2. The van der Waals surface area contributed by atoms with Crippen molar-refractivity contribution >= 4 is 33.2 Å². The van der Waals surface area contributed by atoms with E-state index in [0.29, 0.717) is 50.0 Å². The minimum absolute atomic E-state index is 0.00974. The van der Waals surface area contributed by atoms with Gasteiger partial charge in [0.1, 0.15) is 5.75 Å². The number of ether oxygens (including phenoxy) is 1. The summed E-state index contributed by atoms with van der Waals surface area (Å²) < 4.78 is 35.7. The Labute approximate surface area is 284 Å². The number of nitrogens with zero attached hydrogens (tertiary/aromatic N) is 2. The molecule has 2 aliphatic carbocycles. The number of sulfonamides is 1. The van der Waals surface area contributed by atoms with Gasteiger partial charge < -0.3 is 24.7 Å². The zero-order chi connectivity index (χ0) is 33.6. The Morgan fingerprint density at radius 2 is 1.98 bits per heavy atom. The van der Waals surface area contributed by atoms with Gasteiger partial charge in [-0.25, -0.2) is 13.1 Å². The largest absolute Gasteiger partial charge is 0.490 e. The number of aliphatic hydroxyl groups excluding tert-OH is 1. The number of carbonyl (C=O) groups excluding carboxylic acids is 1. The summed E-state index contributed by atoms with van der Waals surface area (Å²) in [5, 5.41) is 21.8. The third-order valence-corrected chi connectivity index (χ3v) is 13.4. The lowest BCUT2D eigenvalue weighted by Gasteiger charge is -2.50. The van der Waals surface area contributed by atoms with E-state index in [4.69, 9.17) is 16.3 Å². The summed E-state index contributed by atoms with van der Waals surface area (Å²) in [6, 6.07) is 11.3. The van der Waals surface area contributed by atoms with E-state index >= 15 is 0 Å². The van der Waals surface area contributed by atoms with Crippen LogP contribution in [0.4, 0.5) is 5.69 Å². The molecule has 1 amide bonds. The first-order valence-corrected chi connectivity index (χ1v) is 18.8. The van der Waals surface area contributed by atoms with E-state index in [2.05, 4.69) is 21.8 Å². The number of likely N-dealkylation sites (N-methyl/N-ethyl adjacent to an activating group) is 1. The smallest absolute Gasteiger partial charge is 0.264 e. The summed E-state index contributed by atoms with van der Waals surface area (Å²) >= 11 is 6.43.